The van der Waals surface area contributed by atoms with Gasteiger partial charge in [0.1, 0.15) is 6.10 Å². The van der Waals surface area contributed by atoms with Crippen molar-refractivity contribution in [2.75, 3.05) is 12.9 Å². The average Bonchev–Trinajstić information content (AvgIpc) is 3.00. The molecule has 2 rings (SSSR count). The van der Waals surface area contributed by atoms with E-state index in [1.807, 2.05) is 18.2 Å². The van der Waals surface area contributed by atoms with Crippen molar-refractivity contribution in [3.8, 4) is 0 Å². The van der Waals surface area contributed by atoms with Gasteiger partial charge < -0.3 is 14.8 Å². The number of nitrogens with one attached hydrogen (secondary N) is 1. The van der Waals surface area contributed by atoms with Crippen LogP contribution in [0.25, 0.3) is 0 Å². The third kappa shape index (κ3) is 6.05. The lowest BCUT2D eigenvalue weighted by Crippen LogP contribution is -2.46. The Morgan fingerprint density at radius 2 is 1.92 bits per heavy atom. The molecule has 1 aliphatic heterocycles. The molecule has 1 aromatic carbocycles. The number of amides is 1. The Balaban J connectivity index is 1.91. The second kappa shape index (κ2) is 10.2. The number of benzene rings is 1. The van der Waals surface area contributed by atoms with Crippen LogP contribution in [-0.4, -0.2) is 48.1 Å². The molecule has 142 valence electrons. The SMILES string of the molecule is COC(=O)CCCC[C@H]1SC[C@@H](NC(=O)c2ccccc2)C1OC(C)=O. The lowest BCUT2D eigenvalue weighted by atomic mass is 10.0. The van der Waals surface area contributed by atoms with Gasteiger partial charge in [-0.05, 0) is 25.0 Å². The number of methoxy groups -OCH3 is 1. The first kappa shape index (κ1) is 20.3. The molecule has 0 aromatic heterocycles. The number of rotatable bonds is 8. The molecule has 0 bridgehead atoms. The Hall–Kier alpha value is -2.02. The summed E-state index contributed by atoms with van der Waals surface area (Å²) in [5.74, 6) is -0.0395. The molecule has 1 heterocycles. The van der Waals surface area contributed by atoms with Gasteiger partial charge in [0.25, 0.3) is 5.91 Å². The summed E-state index contributed by atoms with van der Waals surface area (Å²) in [6.07, 6.45) is 2.42. The highest BCUT2D eigenvalue weighted by Crippen LogP contribution is 2.33. The van der Waals surface area contributed by atoms with Crippen molar-refractivity contribution in [2.24, 2.45) is 0 Å². The Morgan fingerprint density at radius 1 is 1.19 bits per heavy atom. The first-order chi connectivity index (χ1) is 12.5. The third-order valence-corrected chi connectivity index (χ3v) is 5.74. The fourth-order valence-electron chi connectivity index (χ4n) is 2.96. The second-order valence-corrected chi connectivity index (χ2v) is 7.49. The van der Waals surface area contributed by atoms with Crippen LogP contribution in [0.1, 0.15) is 43.0 Å². The first-order valence-electron chi connectivity index (χ1n) is 8.73. The van der Waals surface area contributed by atoms with E-state index >= 15 is 0 Å². The van der Waals surface area contributed by atoms with Crippen molar-refractivity contribution in [2.45, 2.75) is 50.0 Å². The number of unbranched alkanes of at least 4 members (excludes halogenated alkanes) is 1. The molecule has 0 saturated carbocycles. The Kier molecular flexibility index (Phi) is 7.97. The molecule has 6 nitrogen and oxygen atoms in total. The van der Waals surface area contributed by atoms with Crippen LogP contribution in [0.3, 0.4) is 0 Å². The number of esters is 2. The number of hydrogen-bond donors (Lipinski definition) is 1. The van der Waals surface area contributed by atoms with Crippen LogP contribution in [0.2, 0.25) is 0 Å². The molecule has 7 heteroatoms. The van der Waals surface area contributed by atoms with Crippen LogP contribution < -0.4 is 5.32 Å². The highest BCUT2D eigenvalue weighted by Gasteiger charge is 2.39. The molecular weight excluding hydrogens is 354 g/mol. The number of thioether (sulfide) groups is 1. The molecule has 1 aliphatic rings. The van der Waals surface area contributed by atoms with Gasteiger partial charge in [0.2, 0.25) is 0 Å². The minimum Gasteiger partial charge on any atom is -0.469 e. The molecule has 0 spiro atoms. The molecule has 1 unspecified atom stereocenters. The zero-order valence-corrected chi connectivity index (χ0v) is 15.9. The monoisotopic (exact) mass is 379 g/mol. The smallest absolute Gasteiger partial charge is 0.305 e. The van der Waals surface area contributed by atoms with E-state index in [-0.39, 0.29) is 35.2 Å². The van der Waals surface area contributed by atoms with Crippen molar-refractivity contribution in [1.29, 1.82) is 0 Å². The van der Waals surface area contributed by atoms with Gasteiger partial charge in [0.05, 0.1) is 13.2 Å². The average molecular weight is 379 g/mol. The van der Waals surface area contributed by atoms with Crippen LogP contribution in [0.15, 0.2) is 30.3 Å². The van der Waals surface area contributed by atoms with Gasteiger partial charge in [-0.25, -0.2) is 0 Å². The first-order valence-corrected chi connectivity index (χ1v) is 9.77. The molecule has 0 aliphatic carbocycles. The van der Waals surface area contributed by atoms with Crippen LogP contribution >= 0.6 is 11.8 Å². The zero-order valence-electron chi connectivity index (χ0n) is 15.1. The Bertz CT molecular complexity index is 622. The lowest BCUT2D eigenvalue weighted by molar-refractivity contribution is -0.147. The molecule has 1 amide bonds. The largest absolute Gasteiger partial charge is 0.469 e. The molecule has 1 aromatic rings. The van der Waals surface area contributed by atoms with Gasteiger partial charge in [-0.3, -0.25) is 14.4 Å². The quantitative estimate of drug-likeness (QED) is 0.552. The molecule has 1 saturated heterocycles. The summed E-state index contributed by atoms with van der Waals surface area (Å²) in [6, 6.07) is 8.76. The van der Waals surface area contributed by atoms with Crippen LogP contribution in [0.4, 0.5) is 0 Å². The van der Waals surface area contributed by atoms with E-state index < -0.39 is 0 Å². The number of hydrogen-bond acceptors (Lipinski definition) is 6. The van der Waals surface area contributed by atoms with Crippen molar-refractivity contribution >= 4 is 29.6 Å². The van der Waals surface area contributed by atoms with Crippen molar-refractivity contribution < 1.29 is 23.9 Å². The maximum absolute atomic E-state index is 12.4. The summed E-state index contributed by atoms with van der Waals surface area (Å²) in [5.41, 5.74) is 0.584. The number of ether oxygens (including phenoxy) is 2. The zero-order chi connectivity index (χ0) is 18.9. The van der Waals surface area contributed by atoms with Gasteiger partial charge in [-0.2, -0.15) is 11.8 Å². The molecular formula is C19H25NO5S. The van der Waals surface area contributed by atoms with Crippen LogP contribution in [-0.2, 0) is 19.1 Å². The molecule has 3 atom stereocenters. The molecule has 1 N–H and O–H groups in total. The maximum atomic E-state index is 12.4. The fourth-order valence-corrected chi connectivity index (χ4v) is 4.45. The molecule has 1 fully saturated rings. The van der Waals surface area contributed by atoms with Crippen molar-refractivity contribution in [3.63, 3.8) is 0 Å². The van der Waals surface area contributed by atoms with E-state index in [2.05, 4.69) is 10.1 Å². The van der Waals surface area contributed by atoms with Crippen LogP contribution in [0.5, 0.6) is 0 Å². The van der Waals surface area contributed by atoms with Crippen molar-refractivity contribution in [1.82, 2.24) is 5.32 Å². The highest BCUT2D eigenvalue weighted by atomic mass is 32.2. The maximum Gasteiger partial charge on any atom is 0.305 e. The summed E-state index contributed by atoms with van der Waals surface area (Å²) in [5, 5.41) is 3.10. The van der Waals surface area contributed by atoms with E-state index in [0.717, 1.165) is 19.3 Å². The Morgan fingerprint density at radius 3 is 2.58 bits per heavy atom. The van der Waals surface area contributed by atoms with E-state index in [0.29, 0.717) is 17.7 Å². The number of carbonyl (C=O) groups excluding carboxylic acids is 3. The predicted molar refractivity (Wildman–Crippen MR) is 100.0 cm³/mol. The summed E-state index contributed by atoms with van der Waals surface area (Å²) in [7, 11) is 1.38. The number of carbonyl (C=O) groups is 3. The normalized spacial score (nSPS) is 21.8. The fraction of sp³-hybridized carbons (Fsp3) is 0.526. The third-order valence-electron chi connectivity index (χ3n) is 4.25. The highest BCUT2D eigenvalue weighted by molar-refractivity contribution is 8.00. The van der Waals surface area contributed by atoms with Gasteiger partial charge in [-0.1, -0.05) is 24.6 Å². The van der Waals surface area contributed by atoms with E-state index in [1.54, 1.807) is 23.9 Å². The minimum absolute atomic E-state index is 0.109. The Labute approximate surface area is 158 Å². The topological polar surface area (TPSA) is 81.7 Å². The second-order valence-electron chi connectivity index (χ2n) is 6.21. The van der Waals surface area contributed by atoms with Gasteiger partial charge in [0.15, 0.2) is 0 Å². The standard InChI is InChI=1S/C19H25NO5S/c1-13(21)25-18-15(20-19(23)14-8-4-3-5-9-14)12-26-16(18)10-6-7-11-17(22)24-2/h3-5,8-9,15-16,18H,6-7,10-12H2,1-2H3,(H,20,23)/t15-,16-,18?/m1/s1. The summed E-state index contributed by atoms with van der Waals surface area (Å²) in [6.45, 7) is 1.38. The van der Waals surface area contributed by atoms with Gasteiger partial charge >= 0.3 is 11.9 Å². The summed E-state index contributed by atoms with van der Waals surface area (Å²) >= 11 is 1.69. The van der Waals surface area contributed by atoms with Crippen molar-refractivity contribution in [3.05, 3.63) is 35.9 Å². The molecule has 26 heavy (non-hydrogen) atoms. The van der Waals surface area contributed by atoms with E-state index in [4.69, 9.17) is 4.74 Å². The van der Waals surface area contributed by atoms with E-state index in [9.17, 15) is 14.4 Å². The summed E-state index contributed by atoms with van der Waals surface area (Å²) in [4.78, 5) is 35.1. The molecule has 0 radical (unpaired) electrons. The predicted octanol–water partition coefficient (Wildman–Crippen LogP) is 2.57. The van der Waals surface area contributed by atoms with Gasteiger partial charge in [0, 0.05) is 29.9 Å². The van der Waals surface area contributed by atoms with Crippen LogP contribution in [0, 0.1) is 0 Å². The summed E-state index contributed by atoms with van der Waals surface area (Å²) < 4.78 is 10.1. The van der Waals surface area contributed by atoms with E-state index in [1.165, 1.54) is 14.0 Å². The minimum atomic E-state index is -0.358. The lowest BCUT2D eigenvalue weighted by Gasteiger charge is -2.24. The van der Waals surface area contributed by atoms with Gasteiger partial charge in [-0.15, -0.1) is 0 Å².